The molecule has 1 aliphatic heterocycles. The molecule has 1 saturated heterocycles. The number of benzene rings is 1. The summed E-state index contributed by atoms with van der Waals surface area (Å²) in [6, 6.07) is 10.5. The van der Waals surface area contributed by atoms with Crippen LogP contribution in [0.5, 0.6) is 0 Å². The van der Waals surface area contributed by atoms with Gasteiger partial charge < -0.3 is 5.11 Å². The lowest BCUT2D eigenvalue weighted by Gasteiger charge is -2.24. The van der Waals surface area contributed by atoms with Crippen molar-refractivity contribution in [1.82, 2.24) is 9.80 Å². The molecule has 1 aromatic carbocycles. The first-order valence-electron chi connectivity index (χ1n) is 7.37. The van der Waals surface area contributed by atoms with E-state index < -0.39 is 5.97 Å². The van der Waals surface area contributed by atoms with E-state index >= 15 is 0 Å². The number of likely N-dealkylation sites (tertiary alicyclic amines) is 1. The molecule has 0 bridgehead atoms. The Balaban J connectivity index is 1.80. The van der Waals surface area contributed by atoms with Crippen LogP contribution >= 0.6 is 0 Å². The normalized spacial score (nSPS) is 19.6. The molecule has 1 atom stereocenters. The van der Waals surface area contributed by atoms with Crippen LogP contribution in [0.25, 0.3) is 0 Å². The van der Waals surface area contributed by atoms with Crippen molar-refractivity contribution in [3.05, 3.63) is 35.9 Å². The van der Waals surface area contributed by atoms with Gasteiger partial charge in [-0.3, -0.25) is 14.6 Å². The van der Waals surface area contributed by atoms with E-state index in [2.05, 4.69) is 36.1 Å². The van der Waals surface area contributed by atoms with Gasteiger partial charge in [-0.25, -0.2) is 0 Å². The number of aliphatic carboxylic acids is 1. The zero-order valence-electron chi connectivity index (χ0n) is 12.2. The van der Waals surface area contributed by atoms with Gasteiger partial charge in [0.25, 0.3) is 0 Å². The number of carboxylic acid groups (broad SMARTS) is 1. The minimum absolute atomic E-state index is 0.182. The first-order valence-corrected chi connectivity index (χ1v) is 7.37. The third-order valence-corrected chi connectivity index (χ3v) is 3.94. The lowest BCUT2D eigenvalue weighted by molar-refractivity contribution is -0.138. The Kier molecular flexibility index (Phi) is 5.56. The van der Waals surface area contributed by atoms with E-state index in [0.29, 0.717) is 5.92 Å². The summed E-state index contributed by atoms with van der Waals surface area (Å²) in [5.74, 6) is -0.125. The van der Waals surface area contributed by atoms with Crippen molar-refractivity contribution in [3.8, 4) is 0 Å². The zero-order valence-corrected chi connectivity index (χ0v) is 12.2. The van der Waals surface area contributed by atoms with E-state index in [1.165, 1.54) is 5.56 Å². The Morgan fingerprint density at radius 1 is 1.40 bits per heavy atom. The largest absolute Gasteiger partial charge is 0.480 e. The van der Waals surface area contributed by atoms with E-state index in [1.54, 1.807) is 0 Å². The molecule has 0 saturated carbocycles. The maximum Gasteiger partial charge on any atom is 0.317 e. The summed E-state index contributed by atoms with van der Waals surface area (Å²) < 4.78 is 0. The van der Waals surface area contributed by atoms with Gasteiger partial charge in [0.2, 0.25) is 0 Å². The molecule has 1 aromatic rings. The number of hydrogen-bond donors (Lipinski definition) is 1. The zero-order chi connectivity index (χ0) is 14.4. The fourth-order valence-corrected chi connectivity index (χ4v) is 2.91. The summed E-state index contributed by atoms with van der Waals surface area (Å²) in [6.07, 6.45) is 1.11. The van der Waals surface area contributed by atoms with Crippen molar-refractivity contribution in [2.75, 3.05) is 32.7 Å². The number of rotatable bonds is 7. The summed E-state index contributed by atoms with van der Waals surface area (Å²) in [5, 5.41) is 8.83. The van der Waals surface area contributed by atoms with Gasteiger partial charge >= 0.3 is 5.97 Å². The summed E-state index contributed by atoms with van der Waals surface area (Å²) in [5.41, 5.74) is 1.34. The predicted octanol–water partition coefficient (Wildman–Crippen LogP) is 1.91. The van der Waals surface area contributed by atoms with Gasteiger partial charge in [-0.15, -0.1) is 0 Å². The first kappa shape index (κ1) is 15.0. The van der Waals surface area contributed by atoms with Crippen molar-refractivity contribution in [3.63, 3.8) is 0 Å². The van der Waals surface area contributed by atoms with Crippen molar-refractivity contribution in [2.45, 2.75) is 19.9 Å². The highest BCUT2D eigenvalue weighted by atomic mass is 16.4. The SMILES string of the molecule is CCN(Cc1ccccc1)C[C@H]1CCN(CC(=O)O)C1. The van der Waals surface area contributed by atoms with E-state index in [0.717, 1.165) is 39.1 Å². The summed E-state index contributed by atoms with van der Waals surface area (Å²) >= 11 is 0. The predicted molar refractivity (Wildman–Crippen MR) is 79.6 cm³/mol. The molecular formula is C16H24N2O2. The first-order chi connectivity index (χ1) is 9.67. The van der Waals surface area contributed by atoms with Gasteiger partial charge in [-0.05, 0) is 31.0 Å². The minimum atomic E-state index is -0.720. The molecule has 1 aliphatic rings. The molecule has 20 heavy (non-hydrogen) atoms. The molecule has 110 valence electrons. The Labute approximate surface area is 121 Å². The average Bonchev–Trinajstić information content (AvgIpc) is 2.85. The topological polar surface area (TPSA) is 43.8 Å². The van der Waals surface area contributed by atoms with Crippen LogP contribution in [-0.4, -0.2) is 53.6 Å². The molecule has 0 aromatic heterocycles. The molecule has 1 fully saturated rings. The van der Waals surface area contributed by atoms with Crippen molar-refractivity contribution in [2.24, 2.45) is 5.92 Å². The number of nitrogens with zero attached hydrogens (tertiary/aromatic N) is 2. The van der Waals surface area contributed by atoms with E-state index in [-0.39, 0.29) is 6.54 Å². The monoisotopic (exact) mass is 276 g/mol. The molecule has 1 heterocycles. The lowest BCUT2D eigenvalue weighted by atomic mass is 10.1. The van der Waals surface area contributed by atoms with Crippen LogP contribution in [0.4, 0.5) is 0 Å². The maximum absolute atomic E-state index is 10.7. The summed E-state index contributed by atoms with van der Waals surface area (Å²) in [6.45, 7) is 7.27. The lowest BCUT2D eigenvalue weighted by Crippen LogP contribution is -2.32. The highest BCUT2D eigenvalue weighted by molar-refractivity contribution is 5.69. The minimum Gasteiger partial charge on any atom is -0.480 e. The quantitative estimate of drug-likeness (QED) is 0.826. The molecule has 0 aliphatic carbocycles. The second-order valence-electron chi connectivity index (χ2n) is 5.60. The van der Waals surface area contributed by atoms with Crippen LogP contribution in [0.15, 0.2) is 30.3 Å². The fraction of sp³-hybridized carbons (Fsp3) is 0.562. The van der Waals surface area contributed by atoms with Crippen molar-refractivity contribution >= 4 is 5.97 Å². The Morgan fingerprint density at radius 3 is 2.80 bits per heavy atom. The highest BCUT2D eigenvalue weighted by Crippen LogP contribution is 2.18. The molecular weight excluding hydrogens is 252 g/mol. The van der Waals surface area contributed by atoms with Gasteiger partial charge in [0.15, 0.2) is 0 Å². The molecule has 0 unspecified atom stereocenters. The molecule has 0 amide bonds. The highest BCUT2D eigenvalue weighted by Gasteiger charge is 2.25. The summed E-state index contributed by atoms with van der Waals surface area (Å²) in [7, 11) is 0. The van der Waals surface area contributed by atoms with Crippen molar-refractivity contribution in [1.29, 1.82) is 0 Å². The van der Waals surface area contributed by atoms with Crippen LogP contribution in [-0.2, 0) is 11.3 Å². The second-order valence-corrected chi connectivity index (χ2v) is 5.60. The molecule has 4 heteroatoms. The van der Waals surface area contributed by atoms with Crippen LogP contribution in [0.3, 0.4) is 0 Å². The van der Waals surface area contributed by atoms with Crippen LogP contribution < -0.4 is 0 Å². The Morgan fingerprint density at radius 2 is 2.15 bits per heavy atom. The van der Waals surface area contributed by atoms with Gasteiger partial charge in [0, 0.05) is 19.6 Å². The molecule has 4 nitrogen and oxygen atoms in total. The van der Waals surface area contributed by atoms with Crippen LogP contribution in [0.1, 0.15) is 18.9 Å². The molecule has 0 radical (unpaired) electrons. The Bertz CT molecular complexity index is 422. The van der Waals surface area contributed by atoms with E-state index in [9.17, 15) is 4.79 Å². The maximum atomic E-state index is 10.7. The standard InChI is InChI=1S/C16H24N2O2/c1-2-17(10-14-6-4-3-5-7-14)11-15-8-9-18(12-15)13-16(19)20/h3-7,15H,2,8-13H2,1H3,(H,19,20)/t15-/m1/s1. The van der Waals surface area contributed by atoms with Crippen LogP contribution in [0.2, 0.25) is 0 Å². The number of carbonyl (C=O) groups is 1. The molecule has 2 rings (SSSR count). The Hall–Kier alpha value is -1.39. The molecule has 0 spiro atoms. The van der Waals surface area contributed by atoms with Crippen LogP contribution in [0, 0.1) is 5.92 Å². The number of hydrogen-bond acceptors (Lipinski definition) is 3. The number of carboxylic acids is 1. The third-order valence-electron chi connectivity index (χ3n) is 3.94. The van der Waals surface area contributed by atoms with E-state index in [4.69, 9.17) is 5.11 Å². The second kappa shape index (κ2) is 7.41. The average molecular weight is 276 g/mol. The third kappa shape index (κ3) is 4.62. The molecule has 1 N–H and O–H groups in total. The smallest absolute Gasteiger partial charge is 0.317 e. The van der Waals surface area contributed by atoms with Gasteiger partial charge in [-0.1, -0.05) is 37.3 Å². The van der Waals surface area contributed by atoms with Gasteiger partial charge in [0.1, 0.15) is 0 Å². The fourth-order valence-electron chi connectivity index (χ4n) is 2.91. The van der Waals surface area contributed by atoms with Gasteiger partial charge in [0.05, 0.1) is 6.54 Å². The van der Waals surface area contributed by atoms with Crippen molar-refractivity contribution < 1.29 is 9.90 Å². The van der Waals surface area contributed by atoms with Gasteiger partial charge in [-0.2, -0.15) is 0 Å². The summed E-state index contributed by atoms with van der Waals surface area (Å²) in [4.78, 5) is 15.2. The van der Waals surface area contributed by atoms with E-state index in [1.807, 2.05) is 11.0 Å².